The van der Waals surface area contributed by atoms with Crippen molar-refractivity contribution in [3.05, 3.63) is 11.2 Å². The molecule has 0 spiro atoms. The molecule has 0 amide bonds. The van der Waals surface area contributed by atoms with Crippen molar-refractivity contribution >= 4 is 29.2 Å². The fraction of sp³-hybridized carbons (Fsp3) is 0.667. The van der Waals surface area contributed by atoms with Gasteiger partial charge in [-0.2, -0.15) is 0 Å². The van der Waals surface area contributed by atoms with Gasteiger partial charge in [0.2, 0.25) is 0 Å². The molecule has 0 radical (unpaired) electrons. The minimum atomic E-state index is 0.0822. The van der Waals surface area contributed by atoms with E-state index in [-0.39, 0.29) is 12.7 Å². The molecule has 19 heavy (non-hydrogen) atoms. The maximum atomic E-state index is 8.75. The molecule has 5 nitrogen and oxygen atoms in total. The van der Waals surface area contributed by atoms with E-state index in [2.05, 4.69) is 14.9 Å². The van der Waals surface area contributed by atoms with Gasteiger partial charge in [-0.15, -0.1) is 0 Å². The lowest BCUT2D eigenvalue weighted by molar-refractivity contribution is 0.0158. The van der Waals surface area contributed by atoms with E-state index in [1.807, 2.05) is 6.26 Å². The lowest BCUT2D eigenvalue weighted by Gasteiger charge is -2.32. The molecule has 106 valence electrons. The third-order valence-corrected chi connectivity index (χ3v) is 3.80. The van der Waals surface area contributed by atoms with Crippen LogP contribution >= 0.6 is 23.4 Å². The largest absolute Gasteiger partial charge is 0.394 e. The molecule has 0 aliphatic carbocycles. The first kappa shape index (κ1) is 14.8. The van der Waals surface area contributed by atoms with E-state index < -0.39 is 0 Å². The first-order chi connectivity index (χ1) is 9.22. The molecular formula is C12H18ClN3O2S. The molecular weight excluding hydrogens is 286 g/mol. The van der Waals surface area contributed by atoms with Gasteiger partial charge in [-0.25, -0.2) is 9.97 Å². The van der Waals surface area contributed by atoms with E-state index >= 15 is 0 Å². The van der Waals surface area contributed by atoms with Gasteiger partial charge in [-0.3, -0.25) is 0 Å². The molecule has 2 heterocycles. The fourth-order valence-electron chi connectivity index (χ4n) is 2.11. The summed E-state index contributed by atoms with van der Waals surface area (Å²) in [5.74, 6) is 0.880. The van der Waals surface area contributed by atoms with Gasteiger partial charge < -0.3 is 14.7 Å². The van der Waals surface area contributed by atoms with Gasteiger partial charge in [-0.05, 0) is 19.1 Å². The molecule has 0 unspecified atom stereocenters. The zero-order valence-electron chi connectivity index (χ0n) is 10.9. The monoisotopic (exact) mass is 303 g/mol. The van der Waals surface area contributed by atoms with Crippen LogP contribution in [-0.4, -0.2) is 53.7 Å². The van der Waals surface area contributed by atoms with Gasteiger partial charge in [0.15, 0.2) is 5.16 Å². The Balaban J connectivity index is 1.95. The van der Waals surface area contributed by atoms with Crippen molar-refractivity contribution in [3.8, 4) is 0 Å². The van der Waals surface area contributed by atoms with E-state index in [1.165, 1.54) is 11.8 Å². The third-order valence-electron chi connectivity index (χ3n) is 3.05. The van der Waals surface area contributed by atoms with E-state index in [0.717, 1.165) is 31.7 Å². The molecule has 0 aromatic carbocycles. The van der Waals surface area contributed by atoms with Crippen LogP contribution in [0, 0.1) is 0 Å². The number of rotatable bonds is 5. The summed E-state index contributed by atoms with van der Waals surface area (Å²) in [6, 6.07) is 1.80. The molecule has 1 aromatic heterocycles. The summed E-state index contributed by atoms with van der Waals surface area (Å²) in [6.07, 6.45) is 4.05. The topological polar surface area (TPSA) is 58.5 Å². The van der Waals surface area contributed by atoms with Crippen molar-refractivity contribution in [2.24, 2.45) is 0 Å². The van der Waals surface area contributed by atoms with Crippen molar-refractivity contribution in [2.45, 2.75) is 24.1 Å². The number of aromatic nitrogens is 2. The van der Waals surface area contributed by atoms with Crippen LogP contribution in [0.4, 0.5) is 5.82 Å². The highest BCUT2D eigenvalue weighted by Crippen LogP contribution is 2.24. The Kier molecular flexibility index (Phi) is 5.69. The van der Waals surface area contributed by atoms with Crippen molar-refractivity contribution in [1.82, 2.24) is 9.97 Å². The Morgan fingerprint density at radius 3 is 2.84 bits per heavy atom. The van der Waals surface area contributed by atoms with Gasteiger partial charge in [0.05, 0.1) is 19.3 Å². The Hall–Kier alpha value is -0.560. The maximum Gasteiger partial charge on any atom is 0.190 e. The van der Waals surface area contributed by atoms with Gasteiger partial charge >= 0.3 is 0 Å². The number of aliphatic hydroxyl groups is 1. The Labute approximate surface area is 122 Å². The second kappa shape index (κ2) is 7.28. The van der Waals surface area contributed by atoms with Crippen molar-refractivity contribution in [1.29, 1.82) is 0 Å². The average Bonchev–Trinajstić information content (AvgIpc) is 2.45. The van der Waals surface area contributed by atoms with Crippen LogP contribution in [0.3, 0.4) is 0 Å². The average molecular weight is 304 g/mol. The van der Waals surface area contributed by atoms with E-state index in [1.54, 1.807) is 6.07 Å². The highest BCUT2D eigenvalue weighted by molar-refractivity contribution is 7.98. The lowest BCUT2D eigenvalue weighted by atomic mass is 10.1. The summed E-state index contributed by atoms with van der Waals surface area (Å²) < 4.78 is 5.55. The fourth-order valence-corrected chi connectivity index (χ4v) is 2.71. The van der Waals surface area contributed by atoms with Crippen molar-refractivity contribution in [3.63, 3.8) is 0 Å². The van der Waals surface area contributed by atoms with Crippen LogP contribution in [0.2, 0.25) is 5.15 Å². The summed E-state index contributed by atoms with van der Waals surface area (Å²) in [5, 5.41) is 9.92. The zero-order valence-corrected chi connectivity index (χ0v) is 12.5. The van der Waals surface area contributed by atoms with Gasteiger partial charge in [0.1, 0.15) is 11.0 Å². The third kappa shape index (κ3) is 4.21. The quantitative estimate of drug-likeness (QED) is 0.509. The van der Waals surface area contributed by atoms with Crippen molar-refractivity contribution in [2.75, 3.05) is 37.5 Å². The van der Waals surface area contributed by atoms with E-state index in [9.17, 15) is 0 Å². The number of hydrogen-bond acceptors (Lipinski definition) is 6. The number of thioether (sulfide) groups is 1. The number of hydrogen-bond donors (Lipinski definition) is 1. The summed E-state index contributed by atoms with van der Waals surface area (Å²) in [6.45, 7) is 2.27. The molecule has 1 aliphatic heterocycles. The van der Waals surface area contributed by atoms with Crippen molar-refractivity contribution < 1.29 is 9.84 Å². The minimum Gasteiger partial charge on any atom is -0.394 e. The molecule has 7 heteroatoms. The Morgan fingerprint density at radius 1 is 1.47 bits per heavy atom. The molecule has 0 bridgehead atoms. The van der Waals surface area contributed by atoms with Gasteiger partial charge in [0.25, 0.3) is 0 Å². The van der Waals surface area contributed by atoms with Crippen LogP contribution in [0.1, 0.15) is 12.8 Å². The number of anilines is 1. The van der Waals surface area contributed by atoms with Gasteiger partial charge in [-0.1, -0.05) is 23.4 Å². The molecule has 2 rings (SSSR count). The van der Waals surface area contributed by atoms with Gasteiger partial charge in [0, 0.05) is 19.2 Å². The molecule has 0 saturated carbocycles. The number of aliphatic hydroxyl groups excluding tert-OH is 1. The first-order valence-corrected chi connectivity index (χ1v) is 7.89. The predicted molar refractivity (Wildman–Crippen MR) is 77.1 cm³/mol. The zero-order chi connectivity index (χ0) is 13.7. The maximum absolute atomic E-state index is 8.75. The summed E-state index contributed by atoms with van der Waals surface area (Å²) in [7, 11) is 0. The number of piperidine rings is 1. The SMILES string of the molecule is CSc1nc(Cl)cc(N2CCC(OCCO)CC2)n1. The second-order valence-corrected chi connectivity index (χ2v) is 5.48. The molecule has 1 aliphatic rings. The highest BCUT2D eigenvalue weighted by Gasteiger charge is 2.21. The molecule has 1 saturated heterocycles. The van der Waals surface area contributed by atoms with Crippen LogP contribution in [0.15, 0.2) is 11.2 Å². The van der Waals surface area contributed by atoms with Crippen LogP contribution < -0.4 is 4.90 Å². The smallest absolute Gasteiger partial charge is 0.190 e. The summed E-state index contributed by atoms with van der Waals surface area (Å²) in [5.41, 5.74) is 0. The van der Waals surface area contributed by atoms with E-state index in [4.69, 9.17) is 21.4 Å². The Morgan fingerprint density at radius 2 is 2.21 bits per heavy atom. The number of halogens is 1. The molecule has 1 fully saturated rings. The lowest BCUT2D eigenvalue weighted by Crippen LogP contribution is -2.37. The van der Waals surface area contributed by atoms with Crippen LogP contribution in [0.5, 0.6) is 0 Å². The standard InChI is InChI=1S/C12H18ClN3O2S/c1-19-12-14-10(13)8-11(15-12)16-4-2-9(3-5-16)18-7-6-17/h8-9,17H,2-7H2,1H3. The molecule has 0 atom stereocenters. The highest BCUT2D eigenvalue weighted by atomic mass is 35.5. The second-order valence-electron chi connectivity index (χ2n) is 4.32. The molecule has 1 aromatic rings. The first-order valence-electron chi connectivity index (χ1n) is 6.29. The minimum absolute atomic E-state index is 0.0822. The van der Waals surface area contributed by atoms with Crippen LogP contribution in [0.25, 0.3) is 0 Å². The summed E-state index contributed by atoms with van der Waals surface area (Å²) >= 11 is 7.49. The predicted octanol–water partition coefficient (Wildman–Crippen LogP) is 1.83. The summed E-state index contributed by atoms with van der Waals surface area (Å²) in [4.78, 5) is 10.8. The van der Waals surface area contributed by atoms with E-state index in [0.29, 0.717) is 16.9 Å². The number of ether oxygens (including phenoxy) is 1. The number of nitrogens with zero attached hydrogens (tertiary/aromatic N) is 3. The van der Waals surface area contributed by atoms with Crippen LogP contribution in [-0.2, 0) is 4.74 Å². The molecule has 1 N–H and O–H groups in total. The normalized spacial score (nSPS) is 16.9. The Bertz CT molecular complexity index is 414.